The average molecular weight is 304 g/mol. The van der Waals surface area contributed by atoms with E-state index in [4.69, 9.17) is 11.6 Å². The third-order valence-electron chi connectivity index (χ3n) is 2.92. The van der Waals surface area contributed by atoms with E-state index in [1.807, 2.05) is 0 Å². The highest BCUT2D eigenvalue weighted by molar-refractivity contribution is 8.06. The van der Waals surface area contributed by atoms with Crippen LogP contribution >= 0.6 is 11.6 Å². The van der Waals surface area contributed by atoms with Crippen molar-refractivity contribution in [1.29, 1.82) is 0 Å². The Morgan fingerprint density at radius 3 is 2.18 bits per heavy atom. The zero-order valence-electron chi connectivity index (χ0n) is 9.96. The predicted molar refractivity (Wildman–Crippen MR) is 68.3 cm³/mol. The summed E-state index contributed by atoms with van der Waals surface area (Å²) < 4.78 is 47.0. The summed E-state index contributed by atoms with van der Waals surface area (Å²) in [6.07, 6.45) is 4.29. The molecule has 0 bridgehead atoms. The van der Waals surface area contributed by atoms with Crippen molar-refractivity contribution in [3.8, 4) is 0 Å². The molecule has 0 aromatic carbocycles. The van der Waals surface area contributed by atoms with Crippen LogP contribution in [-0.4, -0.2) is 50.9 Å². The molecule has 0 aliphatic heterocycles. The van der Waals surface area contributed by atoms with E-state index in [2.05, 4.69) is 0 Å². The van der Waals surface area contributed by atoms with E-state index in [0.29, 0.717) is 6.42 Å². The molecule has 0 N–H and O–H groups in total. The summed E-state index contributed by atoms with van der Waals surface area (Å²) in [7, 11) is -5.94. The lowest BCUT2D eigenvalue weighted by molar-refractivity contribution is 0.292. The zero-order chi connectivity index (χ0) is 13.3. The van der Waals surface area contributed by atoms with Gasteiger partial charge in [0.25, 0.3) is 0 Å². The first-order chi connectivity index (χ1) is 7.63. The van der Waals surface area contributed by atoms with Gasteiger partial charge in [0.2, 0.25) is 10.0 Å². The molecular weight excluding hydrogens is 286 g/mol. The van der Waals surface area contributed by atoms with Crippen molar-refractivity contribution in [2.75, 3.05) is 18.4 Å². The summed E-state index contributed by atoms with van der Waals surface area (Å²) in [5, 5.41) is -1.08. The second-order valence-electron chi connectivity index (χ2n) is 4.54. The third kappa shape index (κ3) is 4.39. The summed E-state index contributed by atoms with van der Waals surface area (Å²) in [6, 6.07) is -0.294. The highest BCUT2D eigenvalue weighted by Gasteiger charge is 2.34. The van der Waals surface area contributed by atoms with Gasteiger partial charge in [-0.3, -0.25) is 0 Å². The highest BCUT2D eigenvalue weighted by Crippen LogP contribution is 2.28. The Balaban J connectivity index is 2.84. The number of nitrogens with zero attached hydrogens (tertiary/aromatic N) is 1. The van der Waals surface area contributed by atoms with Gasteiger partial charge in [-0.25, -0.2) is 16.8 Å². The predicted octanol–water partition coefficient (Wildman–Crippen LogP) is 0.800. The molecule has 1 fully saturated rings. The number of hydrogen-bond acceptors (Lipinski definition) is 4. The van der Waals surface area contributed by atoms with E-state index in [1.54, 1.807) is 0 Å². The zero-order valence-corrected chi connectivity index (χ0v) is 12.4. The van der Waals surface area contributed by atoms with Crippen LogP contribution in [0, 0.1) is 0 Å². The SMILES string of the molecule is CN(C1CCCCC1Cl)S(=O)(=O)CS(C)(=O)=O. The van der Waals surface area contributed by atoms with Gasteiger partial charge in [-0.05, 0) is 12.8 Å². The monoisotopic (exact) mass is 303 g/mol. The van der Waals surface area contributed by atoms with Crippen LogP contribution in [0.15, 0.2) is 0 Å². The van der Waals surface area contributed by atoms with Crippen molar-refractivity contribution in [2.24, 2.45) is 0 Å². The fourth-order valence-electron chi connectivity index (χ4n) is 2.04. The number of sulfone groups is 1. The largest absolute Gasteiger partial charge is 0.228 e. The minimum atomic E-state index is -3.79. The summed E-state index contributed by atoms with van der Waals surface area (Å²) in [5.74, 6) is 0. The molecule has 2 atom stereocenters. The van der Waals surface area contributed by atoms with E-state index >= 15 is 0 Å². The number of alkyl halides is 1. The molecule has 5 nitrogen and oxygen atoms in total. The van der Waals surface area contributed by atoms with E-state index < -0.39 is 24.9 Å². The first kappa shape index (κ1) is 15.2. The third-order valence-corrected chi connectivity index (χ3v) is 7.48. The number of halogens is 1. The van der Waals surface area contributed by atoms with Crippen LogP contribution in [0.2, 0.25) is 0 Å². The Morgan fingerprint density at radius 1 is 1.18 bits per heavy atom. The maximum Gasteiger partial charge on any atom is 0.228 e. The maximum atomic E-state index is 11.9. The van der Waals surface area contributed by atoms with Gasteiger partial charge in [-0.1, -0.05) is 12.8 Å². The fraction of sp³-hybridized carbons (Fsp3) is 1.00. The Bertz CT molecular complexity index is 459. The van der Waals surface area contributed by atoms with Crippen molar-refractivity contribution in [1.82, 2.24) is 4.31 Å². The second kappa shape index (κ2) is 5.42. The molecule has 17 heavy (non-hydrogen) atoms. The quantitative estimate of drug-likeness (QED) is 0.720. The van der Waals surface area contributed by atoms with Crippen LogP contribution in [0.3, 0.4) is 0 Å². The van der Waals surface area contributed by atoms with Gasteiger partial charge in [0.15, 0.2) is 14.9 Å². The molecule has 1 aliphatic carbocycles. The molecule has 2 unspecified atom stereocenters. The van der Waals surface area contributed by atoms with Gasteiger partial charge < -0.3 is 0 Å². The number of sulfonamides is 1. The lowest BCUT2D eigenvalue weighted by Gasteiger charge is -2.33. The summed E-state index contributed by atoms with van der Waals surface area (Å²) >= 11 is 6.10. The normalized spacial score (nSPS) is 27.3. The molecule has 0 aromatic rings. The van der Waals surface area contributed by atoms with Crippen molar-refractivity contribution in [2.45, 2.75) is 37.1 Å². The molecule has 1 saturated carbocycles. The summed E-state index contributed by atoms with van der Waals surface area (Å²) in [4.78, 5) is 0. The molecule has 0 aromatic heterocycles. The number of rotatable bonds is 4. The Labute approximate surface area is 108 Å². The van der Waals surface area contributed by atoms with E-state index in [-0.39, 0.29) is 11.4 Å². The van der Waals surface area contributed by atoms with E-state index in [9.17, 15) is 16.8 Å². The van der Waals surface area contributed by atoms with Gasteiger partial charge in [-0.15, -0.1) is 11.6 Å². The first-order valence-corrected chi connectivity index (χ1v) is 9.51. The lowest BCUT2D eigenvalue weighted by Crippen LogP contribution is -2.45. The highest BCUT2D eigenvalue weighted by atomic mass is 35.5. The fourth-order valence-corrected chi connectivity index (χ4v) is 6.05. The van der Waals surface area contributed by atoms with E-state index in [0.717, 1.165) is 29.8 Å². The minimum absolute atomic E-state index is 0.233. The molecule has 0 spiro atoms. The molecule has 102 valence electrons. The Hall–Kier alpha value is 0.150. The smallest absolute Gasteiger partial charge is 0.228 e. The second-order valence-corrected chi connectivity index (χ2v) is 9.63. The maximum absolute atomic E-state index is 11.9. The molecule has 0 saturated heterocycles. The molecule has 1 rings (SSSR count). The van der Waals surface area contributed by atoms with Gasteiger partial charge in [0.05, 0.1) is 5.38 Å². The average Bonchev–Trinajstić information content (AvgIpc) is 2.13. The van der Waals surface area contributed by atoms with Crippen molar-refractivity contribution >= 4 is 31.5 Å². The van der Waals surface area contributed by atoms with Crippen LogP contribution in [0.5, 0.6) is 0 Å². The Kier molecular flexibility index (Phi) is 4.85. The Morgan fingerprint density at radius 2 is 1.71 bits per heavy atom. The molecule has 8 heteroatoms. The minimum Gasteiger partial charge on any atom is -0.228 e. The topological polar surface area (TPSA) is 71.5 Å². The first-order valence-electron chi connectivity index (χ1n) is 5.41. The summed E-state index contributed by atoms with van der Waals surface area (Å²) in [5.41, 5.74) is 0. The summed E-state index contributed by atoms with van der Waals surface area (Å²) in [6.45, 7) is 0. The molecule has 1 aliphatic rings. The van der Waals surface area contributed by atoms with Gasteiger partial charge >= 0.3 is 0 Å². The van der Waals surface area contributed by atoms with Crippen LogP contribution in [0.4, 0.5) is 0 Å². The molecule has 0 radical (unpaired) electrons. The van der Waals surface area contributed by atoms with Gasteiger partial charge in [0.1, 0.15) is 0 Å². The van der Waals surface area contributed by atoms with Crippen LogP contribution in [0.25, 0.3) is 0 Å². The van der Waals surface area contributed by atoms with Gasteiger partial charge in [0, 0.05) is 19.3 Å². The van der Waals surface area contributed by atoms with Crippen LogP contribution in [0.1, 0.15) is 25.7 Å². The molecule has 0 amide bonds. The van der Waals surface area contributed by atoms with Crippen molar-refractivity contribution < 1.29 is 16.8 Å². The van der Waals surface area contributed by atoms with Crippen LogP contribution < -0.4 is 0 Å². The standard InChI is InChI=1S/C9H18ClNO4S2/c1-11(9-6-4-3-5-8(9)10)17(14,15)7-16(2,12)13/h8-9H,3-7H2,1-2H3. The van der Waals surface area contributed by atoms with Crippen molar-refractivity contribution in [3.05, 3.63) is 0 Å². The van der Waals surface area contributed by atoms with Gasteiger partial charge in [-0.2, -0.15) is 4.31 Å². The lowest BCUT2D eigenvalue weighted by atomic mass is 9.95. The van der Waals surface area contributed by atoms with Crippen LogP contribution in [-0.2, 0) is 19.9 Å². The molecule has 0 heterocycles. The molecular formula is C9H18ClNO4S2. The van der Waals surface area contributed by atoms with E-state index in [1.165, 1.54) is 7.05 Å². The number of hydrogen-bond donors (Lipinski definition) is 0. The van der Waals surface area contributed by atoms with Crippen molar-refractivity contribution in [3.63, 3.8) is 0 Å².